The molecule has 1 aromatic carbocycles. The number of carbonyl (C=O) groups is 1. The second-order valence-electron chi connectivity index (χ2n) is 4.28. The van der Waals surface area contributed by atoms with Crippen molar-refractivity contribution in [3.05, 3.63) is 29.8 Å². The van der Waals surface area contributed by atoms with Crippen LogP contribution in [0, 0.1) is 0 Å². The molecule has 3 heteroatoms. The number of methoxy groups -OCH3 is 2. The zero-order chi connectivity index (χ0) is 13.4. The maximum atomic E-state index is 12.3. The molecule has 0 aliphatic heterocycles. The van der Waals surface area contributed by atoms with Gasteiger partial charge in [-0.05, 0) is 18.6 Å². The third kappa shape index (κ3) is 3.84. The van der Waals surface area contributed by atoms with Crippen LogP contribution in [0.3, 0.4) is 0 Å². The van der Waals surface area contributed by atoms with E-state index in [1.54, 1.807) is 26.4 Å². The van der Waals surface area contributed by atoms with Crippen LogP contribution >= 0.6 is 0 Å². The molecular weight excluding hydrogens is 228 g/mol. The minimum atomic E-state index is -0.368. The number of hydrogen-bond donors (Lipinski definition) is 0. The van der Waals surface area contributed by atoms with Crippen molar-refractivity contribution in [2.24, 2.45) is 0 Å². The first kappa shape index (κ1) is 14.7. The van der Waals surface area contributed by atoms with E-state index in [4.69, 9.17) is 9.47 Å². The maximum Gasteiger partial charge on any atom is 0.195 e. The van der Waals surface area contributed by atoms with Gasteiger partial charge in [0.2, 0.25) is 0 Å². The van der Waals surface area contributed by atoms with E-state index in [0.29, 0.717) is 11.3 Å². The van der Waals surface area contributed by atoms with Gasteiger partial charge in [-0.3, -0.25) is 4.79 Å². The number of Topliss-reactive ketones (excluding diaryl/α,β-unsaturated/α-hetero) is 1. The minimum Gasteiger partial charge on any atom is -0.496 e. The van der Waals surface area contributed by atoms with Gasteiger partial charge in [-0.1, -0.05) is 38.3 Å². The zero-order valence-corrected chi connectivity index (χ0v) is 11.4. The largest absolute Gasteiger partial charge is 0.496 e. The van der Waals surface area contributed by atoms with E-state index in [0.717, 1.165) is 25.7 Å². The molecule has 1 atom stereocenters. The van der Waals surface area contributed by atoms with E-state index in [2.05, 4.69) is 6.92 Å². The number of benzene rings is 1. The summed E-state index contributed by atoms with van der Waals surface area (Å²) in [5.41, 5.74) is 0.600. The normalized spacial score (nSPS) is 12.2. The summed E-state index contributed by atoms with van der Waals surface area (Å²) in [5, 5.41) is 0. The predicted octanol–water partition coefficient (Wildman–Crippen LogP) is 3.47. The van der Waals surface area contributed by atoms with Gasteiger partial charge in [0.25, 0.3) is 0 Å². The lowest BCUT2D eigenvalue weighted by atomic mass is 10.0. The van der Waals surface area contributed by atoms with Crippen LogP contribution in [0.15, 0.2) is 24.3 Å². The van der Waals surface area contributed by atoms with E-state index in [1.165, 1.54) is 0 Å². The van der Waals surface area contributed by atoms with Gasteiger partial charge < -0.3 is 9.47 Å². The molecular formula is C15H22O3. The van der Waals surface area contributed by atoms with Crippen molar-refractivity contribution in [3.8, 4) is 5.75 Å². The van der Waals surface area contributed by atoms with Gasteiger partial charge in [-0.25, -0.2) is 0 Å². The van der Waals surface area contributed by atoms with Crippen LogP contribution in [0.2, 0.25) is 0 Å². The van der Waals surface area contributed by atoms with Crippen molar-refractivity contribution in [1.82, 2.24) is 0 Å². The molecule has 1 rings (SSSR count). The molecule has 0 aliphatic carbocycles. The molecule has 1 unspecified atom stereocenters. The highest BCUT2D eigenvalue weighted by molar-refractivity contribution is 6.01. The van der Waals surface area contributed by atoms with E-state index >= 15 is 0 Å². The number of para-hydroxylation sites is 1. The van der Waals surface area contributed by atoms with Crippen LogP contribution < -0.4 is 4.74 Å². The Kier molecular flexibility index (Phi) is 6.44. The summed E-state index contributed by atoms with van der Waals surface area (Å²) in [4.78, 5) is 12.3. The van der Waals surface area contributed by atoms with Crippen LogP contribution in [-0.4, -0.2) is 26.1 Å². The fraction of sp³-hybridized carbons (Fsp3) is 0.533. The fourth-order valence-electron chi connectivity index (χ4n) is 1.96. The zero-order valence-electron chi connectivity index (χ0n) is 11.4. The van der Waals surface area contributed by atoms with Gasteiger partial charge in [0.05, 0.1) is 12.7 Å². The van der Waals surface area contributed by atoms with E-state index in [9.17, 15) is 4.79 Å². The van der Waals surface area contributed by atoms with Crippen LogP contribution in [0.1, 0.15) is 43.0 Å². The molecule has 0 aliphatic rings. The monoisotopic (exact) mass is 250 g/mol. The van der Waals surface area contributed by atoms with Gasteiger partial charge >= 0.3 is 0 Å². The van der Waals surface area contributed by atoms with Gasteiger partial charge in [-0.15, -0.1) is 0 Å². The molecule has 0 saturated heterocycles. The number of ketones is 1. The molecule has 0 saturated carbocycles. The number of unbranched alkanes of at least 4 members (excludes halogenated alkanes) is 2. The van der Waals surface area contributed by atoms with Gasteiger partial charge in [0, 0.05) is 7.11 Å². The van der Waals surface area contributed by atoms with Crippen LogP contribution in [0.4, 0.5) is 0 Å². The molecule has 0 amide bonds. The molecule has 1 aromatic rings. The second-order valence-corrected chi connectivity index (χ2v) is 4.28. The lowest BCUT2D eigenvalue weighted by molar-refractivity contribution is 0.0570. The Balaban J connectivity index is 2.76. The van der Waals surface area contributed by atoms with Crippen LogP contribution in [0.25, 0.3) is 0 Å². The molecule has 0 radical (unpaired) electrons. The highest BCUT2D eigenvalue weighted by Crippen LogP contribution is 2.21. The summed E-state index contributed by atoms with van der Waals surface area (Å²) >= 11 is 0. The van der Waals surface area contributed by atoms with Crippen LogP contribution in [-0.2, 0) is 4.74 Å². The number of ether oxygens (including phenoxy) is 2. The first-order chi connectivity index (χ1) is 8.74. The van der Waals surface area contributed by atoms with Crippen molar-refractivity contribution in [2.45, 2.75) is 38.7 Å². The van der Waals surface area contributed by atoms with Crippen molar-refractivity contribution in [3.63, 3.8) is 0 Å². The third-order valence-corrected chi connectivity index (χ3v) is 3.02. The number of hydrogen-bond acceptors (Lipinski definition) is 3. The predicted molar refractivity (Wildman–Crippen MR) is 72.3 cm³/mol. The quantitative estimate of drug-likeness (QED) is 0.523. The average Bonchev–Trinajstić information content (AvgIpc) is 2.43. The second kappa shape index (κ2) is 7.88. The smallest absolute Gasteiger partial charge is 0.195 e. The molecule has 18 heavy (non-hydrogen) atoms. The number of carbonyl (C=O) groups excluding carboxylic acids is 1. The SMILES string of the molecule is CCCCCC(OC)C(=O)c1ccccc1OC. The molecule has 0 N–H and O–H groups in total. The summed E-state index contributed by atoms with van der Waals surface area (Å²) in [7, 11) is 3.16. The maximum absolute atomic E-state index is 12.3. The first-order valence-corrected chi connectivity index (χ1v) is 6.44. The van der Waals surface area contributed by atoms with Gasteiger partial charge in [-0.2, -0.15) is 0 Å². The van der Waals surface area contributed by atoms with E-state index < -0.39 is 0 Å². The lowest BCUT2D eigenvalue weighted by Gasteiger charge is -2.15. The molecule has 0 aromatic heterocycles. The summed E-state index contributed by atoms with van der Waals surface area (Å²) in [6.07, 6.45) is 3.67. The lowest BCUT2D eigenvalue weighted by Crippen LogP contribution is -2.23. The standard InChI is InChI=1S/C15H22O3/c1-4-5-6-11-14(18-3)15(16)12-9-7-8-10-13(12)17-2/h7-10,14H,4-6,11H2,1-3H3. The molecule has 0 fully saturated rings. The Hall–Kier alpha value is -1.35. The Morgan fingerprint density at radius 3 is 2.56 bits per heavy atom. The van der Waals surface area contributed by atoms with Crippen LogP contribution in [0.5, 0.6) is 5.75 Å². The Labute approximate surface area is 109 Å². The average molecular weight is 250 g/mol. The molecule has 0 heterocycles. The van der Waals surface area contributed by atoms with Crippen molar-refractivity contribution in [1.29, 1.82) is 0 Å². The highest BCUT2D eigenvalue weighted by Gasteiger charge is 2.21. The van der Waals surface area contributed by atoms with E-state index in [-0.39, 0.29) is 11.9 Å². The minimum absolute atomic E-state index is 0.00560. The van der Waals surface area contributed by atoms with Gasteiger partial charge in [0.15, 0.2) is 5.78 Å². The Bertz CT molecular complexity index is 374. The van der Waals surface area contributed by atoms with E-state index in [1.807, 2.05) is 12.1 Å². The van der Waals surface area contributed by atoms with Crippen molar-refractivity contribution >= 4 is 5.78 Å². The topological polar surface area (TPSA) is 35.5 Å². The molecule has 100 valence electrons. The summed E-state index contributed by atoms with van der Waals surface area (Å²) in [5.74, 6) is 0.617. The third-order valence-electron chi connectivity index (χ3n) is 3.02. The van der Waals surface area contributed by atoms with Crippen molar-refractivity contribution in [2.75, 3.05) is 14.2 Å². The first-order valence-electron chi connectivity index (χ1n) is 6.44. The number of rotatable bonds is 8. The molecule has 0 bridgehead atoms. The molecule has 3 nitrogen and oxygen atoms in total. The van der Waals surface area contributed by atoms with Gasteiger partial charge in [0.1, 0.15) is 11.9 Å². The summed E-state index contributed by atoms with van der Waals surface area (Å²) in [6.45, 7) is 2.14. The highest BCUT2D eigenvalue weighted by atomic mass is 16.5. The fourth-order valence-corrected chi connectivity index (χ4v) is 1.96. The summed E-state index contributed by atoms with van der Waals surface area (Å²) < 4.78 is 10.5. The Morgan fingerprint density at radius 1 is 1.22 bits per heavy atom. The van der Waals surface area contributed by atoms with Crippen molar-refractivity contribution < 1.29 is 14.3 Å². The molecule has 0 spiro atoms. The Morgan fingerprint density at radius 2 is 1.94 bits per heavy atom. The summed E-state index contributed by atoms with van der Waals surface area (Å²) in [6, 6.07) is 7.28.